The van der Waals surface area contributed by atoms with Gasteiger partial charge in [-0.25, -0.2) is 14.5 Å². The van der Waals surface area contributed by atoms with E-state index in [2.05, 4.69) is 25.8 Å². The summed E-state index contributed by atoms with van der Waals surface area (Å²) in [6.07, 6.45) is 1.46. The normalized spacial score (nSPS) is 10.4. The Balaban J connectivity index is 1.58. The number of aromatic nitrogens is 5. The lowest BCUT2D eigenvalue weighted by Crippen LogP contribution is -2.07. The predicted octanol–water partition coefficient (Wildman–Crippen LogP) is 1.43. The highest BCUT2D eigenvalue weighted by molar-refractivity contribution is 7.13. The lowest BCUT2D eigenvalue weighted by molar-refractivity contribution is -0.114. The van der Waals surface area contributed by atoms with Gasteiger partial charge in [0.25, 0.3) is 0 Å². The van der Waals surface area contributed by atoms with Gasteiger partial charge in [-0.05, 0) is 34.7 Å². The summed E-state index contributed by atoms with van der Waals surface area (Å²) < 4.78 is 6.69. The second-order valence-corrected chi connectivity index (χ2v) is 5.56. The van der Waals surface area contributed by atoms with Crippen molar-refractivity contribution in [1.82, 2.24) is 25.2 Å². The smallest absolute Gasteiger partial charge is 0.338 e. The number of nitrogens with one attached hydrogen (secondary N) is 1. The van der Waals surface area contributed by atoms with E-state index in [1.54, 1.807) is 29.6 Å². The maximum absolute atomic E-state index is 12.0. The number of nitrogens with zero attached hydrogens (tertiary/aromatic N) is 5. The van der Waals surface area contributed by atoms with Crippen molar-refractivity contribution in [3.8, 4) is 5.69 Å². The molecule has 3 aromatic rings. The number of hydrogen-bond acceptors (Lipinski definition) is 8. The molecule has 10 heteroatoms. The van der Waals surface area contributed by atoms with Crippen LogP contribution in [0.2, 0.25) is 0 Å². The van der Waals surface area contributed by atoms with Gasteiger partial charge in [0.2, 0.25) is 5.91 Å². The number of benzene rings is 1. The first kappa shape index (κ1) is 15.7. The van der Waals surface area contributed by atoms with Gasteiger partial charge >= 0.3 is 5.97 Å². The zero-order valence-electron chi connectivity index (χ0n) is 12.5. The van der Waals surface area contributed by atoms with Crippen LogP contribution in [0.4, 0.5) is 5.13 Å². The van der Waals surface area contributed by atoms with Gasteiger partial charge in [-0.2, -0.15) is 0 Å². The van der Waals surface area contributed by atoms with Crippen molar-refractivity contribution in [3.63, 3.8) is 0 Å². The largest absolute Gasteiger partial charge is 0.456 e. The first-order chi connectivity index (χ1) is 11.6. The average Bonchev–Trinajstić information content (AvgIpc) is 3.24. The highest BCUT2D eigenvalue weighted by Crippen LogP contribution is 2.16. The van der Waals surface area contributed by atoms with Gasteiger partial charge in [-0.15, -0.1) is 16.4 Å². The van der Waals surface area contributed by atoms with E-state index < -0.39 is 5.97 Å². The Hall–Kier alpha value is -3.14. The van der Waals surface area contributed by atoms with Crippen LogP contribution in [0.15, 0.2) is 36.0 Å². The molecule has 1 N–H and O–H groups in total. The lowest BCUT2D eigenvalue weighted by Gasteiger charge is -2.04. The molecule has 0 spiro atoms. The number of carbonyl (C=O) groups excluding carboxylic acids is 2. The van der Waals surface area contributed by atoms with Crippen molar-refractivity contribution < 1.29 is 14.3 Å². The number of ether oxygens (including phenoxy) is 1. The van der Waals surface area contributed by atoms with Crippen molar-refractivity contribution in [2.24, 2.45) is 0 Å². The lowest BCUT2D eigenvalue weighted by atomic mass is 10.2. The van der Waals surface area contributed by atoms with Crippen molar-refractivity contribution in [3.05, 3.63) is 47.2 Å². The molecule has 24 heavy (non-hydrogen) atoms. The van der Waals surface area contributed by atoms with E-state index in [-0.39, 0.29) is 12.5 Å². The number of rotatable bonds is 5. The summed E-state index contributed by atoms with van der Waals surface area (Å²) in [5.41, 5.74) is 1.71. The number of thiazole rings is 1. The Morgan fingerprint density at radius 1 is 1.29 bits per heavy atom. The molecular weight excluding hydrogens is 332 g/mol. The average molecular weight is 344 g/mol. The summed E-state index contributed by atoms with van der Waals surface area (Å²) in [4.78, 5) is 27.1. The summed E-state index contributed by atoms with van der Waals surface area (Å²) in [7, 11) is 0. The molecular formula is C14H12N6O3S. The highest BCUT2D eigenvalue weighted by atomic mass is 32.1. The van der Waals surface area contributed by atoms with Crippen molar-refractivity contribution in [1.29, 1.82) is 0 Å². The Bertz CT molecular complexity index is 844. The fourth-order valence-corrected chi connectivity index (χ4v) is 2.57. The topological polar surface area (TPSA) is 112 Å². The Morgan fingerprint density at radius 3 is 2.75 bits per heavy atom. The Morgan fingerprint density at radius 2 is 2.08 bits per heavy atom. The van der Waals surface area contributed by atoms with Crippen molar-refractivity contribution in [2.45, 2.75) is 13.5 Å². The monoisotopic (exact) mass is 344 g/mol. The third-order valence-corrected chi connectivity index (χ3v) is 3.71. The van der Waals surface area contributed by atoms with Crippen LogP contribution in [0, 0.1) is 0 Å². The van der Waals surface area contributed by atoms with E-state index in [0.29, 0.717) is 16.4 Å². The molecule has 0 radical (unpaired) electrons. The summed E-state index contributed by atoms with van der Waals surface area (Å²) >= 11 is 1.27. The van der Waals surface area contributed by atoms with Crippen LogP contribution in [-0.2, 0) is 16.1 Å². The van der Waals surface area contributed by atoms with Crippen molar-refractivity contribution in [2.75, 3.05) is 5.32 Å². The van der Waals surface area contributed by atoms with E-state index >= 15 is 0 Å². The number of tetrazole rings is 1. The second kappa shape index (κ2) is 6.96. The van der Waals surface area contributed by atoms with E-state index in [1.165, 1.54) is 29.3 Å². The molecule has 1 amide bonds. The minimum atomic E-state index is -0.465. The first-order valence-corrected chi connectivity index (χ1v) is 7.72. The van der Waals surface area contributed by atoms with Crippen LogP contribution in [0.25, 0.3) is 5.69 Å². The molecule has 0 saturated heterocycles. The van der Waals surface area contributed by atoms with Gasteiger partial charge < -0.3 is 10.1 Å². The SMILES string of the molecule is CC(=O)Nc1nc(COC(=O)c2ccc(-n3cnnn3)cc2)cs1. The van der Waals surface area contributed by atoms with Crippen LogP contribution >= 0.6 is 11.3 Å². The molecule has 3 rings (SSSR count). The van der Waals surface area contributed by atoms with E-state index in [9.17, 15) is 9.59 Å². The number of hydrogen-bond donors (Lipinski definition) is 1. The molecule has 2 heterocycles. The van der Waals surface area contributed by atoms with Gasteiger partial charge in [0, 0.05) is 12.3 Å². The Kier molecular flexibility index (Phi) is 4.57. The maximum atomic E-state index is 12.0. The first-order valence-electron chi connectivity index (χ1n) is 6.84. The summed E-state index contributed by atoms with van der Waals surface area (Å²) in [6, 6.07) is 6.68. The quantitative estimate of drug-likeness (QED) is 0.697. The molecule has 0 saturated carbocycles. The van der Waals surface area contributed by atoms with Crippen molar-refractivity contribution >= 4 is 28.3 Å². The zero-order chi connectivity index (χ0) is 16.9. The van der Waals surface area contributed by atoms with Crippen LogP contribution in [-0.4, -0.2) is 37.1 Å². The molecule has 0 aliphatic heterocycles. The Labute approximate surface area is 140 Å². The second-order valence-electron chi connectivity index (χ2n) is 4.70. The summed E-state index contributed by atoms with van der Waals surface area (Å²) in [5.74, 6) is -0.664. The fourth-order valence-electron chi connectivity index (χ4n) is 1.83. The van der Waals surface area contributed by atoms with Crippen LogP contribution in [0.5, 0.6) is 0 Å². The van der Waals surface area contributed by atoms with Gasteiger partial charge in [-0.1, -0.05) is 0 Å². The third-order valence-electron chi connectivity index (χ3n) is 2.90. The minimum Gasteiger partial charge on any atom is -0.456 e. The molecule has 0 fully saturated rings. The standard InChI is InChI=1S/C14H12N6O3S/c1-9(21)16-14-17-11(7-24-14)6-23-13(22)10-2-4-12(5-3-10)20-8-15-18-19-20/h2-5,7-8H,6H2,1H3,(H,16,17,21). The molecule has 0 unspecified atom stereocenters. The van der Waals surface area contributed by atoms with Gasteiger partial charge in [0.05, 0.1) is 16.9 Å². The third kappa shape index (κ3) is 3.79. The molecule has 0 bridgehead atoms. The van der Waals surface area contributed by atoms with E-state index in [4.69, 9.17) is 4.74 Å². The zero-order valence-corrected chi connectivity index (χ0v) is 13.4. The van der Waals surface area contributed by atoms with Gasteiger partial charge in [0.15, 0.2) is 5.13 Å². The summed E-state index contributed by atoms with van der Waals surface area (Å²) in [5, 5.41) is 15.6. The van der Waals surface area contributed by atoms with Crippen LogP contribution < -0.4 is 5.32 Å². The molecule has 0 atom stereocenters. The van der Waals surface area contributed by atoms with Gasteiger partial charge in [0.1, 0.15) is 12.9 Å². The highest BCUT2D eigenvalue weighted by Gasteiger charge is 2.10. The van der Waals surface area contributed by atoms with Crippen LogP contribution in [0.1, 0.15) is 23.0 Å². The molecule has 9 nitrogen and oxygen atoms in total. The molecule has 0 aliphatic carbocycles. The molecule has 122 valence electrons. The number of anilines is 1. The van der Waals surface area contributed by atoms with E-state index in [0.717, 1.165) is 5.69 Å². The predicted molar refractivity (Wildman–Crippen MR) is 84.7 cm³/mol. The van der Waals surface area contributed by atoms with Gasteiger partial charge in [-0.3, -0.25) is 4.79 Å². The maximum Gasteiger partial charge on any atom is 0.338 e. The van der Waals surface area contributed by atoms with E-state index in [1.807, 2.05) is 0 Å². The van der Waals surface area contributed by atoms with Crippen LogP contribution in [0.3, 0.4) is 0 Å². The summed E-state index contributed by atoms with van der Waals surface area (Å²) in [6.45, 7) is 1.43. The number of carbonyl (C=O) groups is 2. The number of amides is 1. The minimum absolute atomic E-state index is 0.0314. The fraction of sp³-hybridized carbons (Fsp3) is 0.143. The molecule has 1 aromatic carbocycles. The molecule has 2 aromatic heterocycles. The number of esters is 1. The molecule has 0 aliphatic rings.